The first-order valence-electron chi connectivity index (χ1n) is 6.86. The van der Waals surface area contributed by atoms with E-state index in [1.54, 1.807) is 18.5 Å². The molecule has 0 fully saturated rings. The Morgan fingerprint density at radius 2 is 2.10 bits per heavy atom. The normalized spacial score (nSPS) is 12.4. The lowest BCUT2D eigenvalue weighted by atomic mass is 10.2. The number of nitrogens with one attached hydrogen (secondary N) is 1. The number of hydrogen-bond acceptors (Lipinski definition) is 4. The van der Waals surface area contributed by atoms with E-state index in [2.05, 4.69) is 15.3 Å². The lowest BCUT2D eigenvalue weighted by molar-refractivity contribution is 0.555. The third-order valence-corrected chi connectivity index (χ3v) is 3.34. The largest absolute Gasteiger partial charge is 0.303 e. The van der Waals surface area contributed by atoms with Crippen LogP contribution in [0.2, 0.25) is 0 Å². The molecule has 0 saturated carbocycles. The molecule has 3 heterocycles. The highest BCUT2D eigenvalue weighted by Gasteiger charge is 2.07. The first-order chi connectivity index (χ1) is 10.2. The Bertz CT molecular complexity index is 798. The number of aromatic nitrogens is 3. The highest BCUT2D eigenvalue weighted by molar-refractivity contribution is 5.37. The van der Waals surface area contributed by atoms with E-state index in [1.165, 1.54) is 4.40 Å². The lowest BCUT2D eigenvalue weighted by Gasteiger charge is -2.13. The molecule has 5 nitrogen and oxygen atoms in total. The maximum Gasteiger partial charge on any atom is 0.258 e. The van der Waals surface area contributed by atoms with Crippen molar-refractivity contribution in [1.29, 1.82) is 0 Å². The Labute approximate surface area is 122 Å². The summed E-state index contributed by atoms with van der Waals surface area (Å²) < 4.78 is 1.53. The molecule has 0 unspecified atom stereocenters. The molecule has 0 bridgehead atoms. The second-order valence-corrected chi connectivity index (χ2v) is 4.87. The Balaban J connectivity index is 1.78. The van der Waals surface area contributed by atoms with E-state index in [0.717, 1.165) is 11.4 Å². The zero-order valence-electron chi connectivity index (χ0n) is 11.7. The van der Waals surface area contributed by atoms with Crippen molar-refractivity contribution in [1.82, 2.24) is 19.7 Å². The summed E-state index contributed by atoms with van der Waals surface area (Å²) in [4.78, 5) is 20.8. The van der Waals surface area contributed by atoms with Gasteiger partial charge in [0.1, 0.15) is 5.65 Å². The van der Waals surface area contributed by atoms with Crippen LogP contribution in [0.1, 0.15) is 24.4 Å². The van der Waals surface area contributed by atoms with Crippen LogP contribution in [-0.4, -0.2) is 14.4 Å². The van der Waals surface area contributed by atoms with Crippen molar-refractivity contribution in [2.45, 2.75) is 19.5 Å². The minimum absolute atomic E-state index is 0.0668. The first-order valence-corrected chi connectivity index (χ1v) is 6.86. The van der Waals surface area contributed by atoms with E-state index in [9.17, 15) is 4.79 Å². The van der Waals surface area contributed by atoms with Gasteiger partial charge in [0.2, 0.25) is 0 Å². The second kappa shape index (κ2) is 5.85. The van der Waals surface area contributed by atoms with Gasteiger partial charge in [-0.15, -0.1) is 0 Å². The van der Waals surface area contributed by atoms with Crippen LogP contribution in [0.25, 0.3) is 5.65 Å². The van der Waals surface area contributed by atoms with Crippen molar-refractivity contribution in [3.63, 3.8) is 0 Å². The van der Waals surface area contributed by atoms with Gasteiger partial charge < -0.3 is 5.32 Å². The van der Waals surface area contributed by atoms with Gasteiger partial charge in [-0.3, -0.25) is 14.2 Å². The van der Waals surface area contributed by atoms with Gasteiger partial charge in [0.05, 0.1) is 11.4 Å². The maximum atomic E-state index is 12.0. The zero-order valence-corrected chi connectivity index (χ0v) is 11.7. The number of pyridine rings is 2. The van der Waals surface area contributed by atoms with Gasteiger partial charge >= 0.3 is 0 Å². The molecule has 3 aromatic rings. The molecule has 3 aromatic heterocycles. The molecule has 0 radical (unpaired) electrons. The molecule has 5 heteroatoms. The third-order valence-electron chi connectivity index (χ3n) is 3.34. The number of hydrogen-bond donors (Lipinski definition) is 1. The SMILES string of the molecule is C[C@@H](NCc1cc(=O)n2ccccc2n1)c1ccccn1. The van der Waals surface area contributed by atoms with Crippen molar-refractivity contribution in [2.75, 3.05) is 0 Å². The Kier molecular flexibility index (Phi) is 3.75. The summed E-state index contributed by atoms with van der Waals surface area (Å²) in [6.45, 7) is 2.56. The van der Waals surface area contributed by atoms with E-state index < -0.39 is 0 Å². The van der Waals surface area contributed by atoms with Gasteiger partial charge in [0, 0.05) is 31.0 Å². The predicted octanol–water partition coefficient (Wildman–Crippen LogP) is 1.94. The standard InChI is InChI=1S/C16H16N4O/c1-12(14-6-2-4-8-17-14)18-11-13-10-16(21)20-9-5-3-7-15(20)19-13/h2-10,12,18H,11H2,1H3/t12-/m1/s1. The highest BCUT2D eigenvalue weighted by Crippen LogP contribution is 2.08. The molecule has 0 amide bonds. The predicted molar refractivity (Wildman–Crippen MR) is 81.0 cm³/mol. The maximum absolute atomic E-state index is 12.0. The van der Waals surface area contributed by atoms with E-state index in [1.807, 2.05) is 43.3 Å². The van der Waals surface area contributed by atoms with Crippen LogP contribution in [-0.2, 0) is 6.54 Å². The molecule has 21 heavy (non-hydrogen) atoms. The van der Waals surface area contributed by atoms with E-state index >= 15 is 0 Å². The zero-order chi connectivity index (χ0) is 14.7. The molecule has 0 aromatic carbocycles. The molecular weight excluding hydrogens is 264 g/mol. The van der Waals surface area contributed by atoms with E-state index in [0.29, 0.717) is 12.2 Å². The van der Waals surface area contributed by atoms with Crippen molar-refractivity contribution in [3.8, 4) is 0 Å². The smallest absolute Gasteiger partial charge is 0.258 e. The van der Waals surface area contributed by atoms with Crippen LogP contribution < -0.4 is 10.9 Å². The molecule has 1 N–H and O–H groups in total. The summed E-state index contributed by atoms with van der Waals surface area (Å²) in [7, 11) is 0. The fourth-order valence-electron chi connectivity index (χ4n) is 2.19. The fraction of sp³-hybridized carbons (Fsp3) is 0.188. The van der Waals surface area contributed by atoms with Gasteiger partial charge in [-0.1, -0.05) is 12.1 Å². The summed E-state index contributed by atoms with van der Waals surface area (Å²) in [5.74, 6) is 0. The minimum Gasteiger partial charge on any atom is -0.303 e. The molecule has 0 aliphatic carbocycles. The van der Waals surface area contributed by atoms with Crippen molar-refractivity contribution < 1.29 is 0 Å². The number of nitrogens with zero attached hydrogens (tertiary/aromatic N) is 3. The highest BCUT2D eigenvalue weighted by atomic mass is 16.1. The molecule has 0 saturated heterocycles. The third kappa shape index (κ3) is 2.98. The summed E-state index contributed by atoms with van der Waals surface area (Å²) in [6, 6.07) is 13.0. The quantitative estimate of drug-likeness (QED) is 0.793. The van der Waals surface area contributed by atoms with Crippen LogP contribution >= 0.6 is 0 Å². The van der Waals surface area contributed by atoms with E-state index in [-0.39, 0.29) is 11.6 Å². The van der Waals surface area contributed by atoms with Crippen LogP contribution in [0, 0.1) is 0 Å². The Hall–Kier alpha value is -2.53. The molecule has 106 valence electrons. The molecule has 0 aliphatic rings. The lowest BCUT2D eigenvalue weighted by Crippen LogP contribution is -2.22. The summed E-state index contributed by atoms with van der Waals surface area (Å²) in [5, 5.41) is 3.33. The minimum atomic E-state index is -0.0668. The van der Waals surface area contributed by atoms with Crippen LogP contribution in [0.4, 0.5) is 0 Å². The van der Waals surface area contributed by atoms with Gasteiger partial charge in [0.15, 0.2) is 0 Å². The molecule has 0 aliphatic heterocycles. The van der Waals surface area contributed by atoms with Gasteiger partial charge in [-0.25, -0.2) is 4.98 Å². The fourth-order valence-corrected chi connectivity index (χ4v) is 2.19. The summed E-state index contributed by atoms with van der Waals surface area (Å²) in [6.07, 6.45) is 3.49. The van der Waals surface area contributed by atoms with Crippen molar-refractivity contribution in [3.05, 3.63) is 76.6 Å². The van der Waals surface area contributed by atoms with Crippen LogP contribution in [0.15, 0.2) is 59.7 Å². The Morgan fingerprint density at radius 1 is 1.24 bits per heavy atom. The summed E-state index contributed by atoms with van der Waals surface area (Å²) >= 11 is 0. The van der Waals surface area contributed by atoms with Crippen molar-refractivity contribution >= 4 is 5.65 Å². The first kappa shape index (κ1) is 13.5. The van der Waals surface area contributed by atoms with Crippen LogP contribution in [0.3, 0.4) is 0 Å². The van der Waals surface area contributed by atoms with Gasteiger partial charge in [-0.05, 0) is 31.2 Å². The summed E-state index contributed by atoms with van der Waals surface area (Å²) in [5.41, 5.74) is 2.29. The molecule has 1 atom stereocenters. The average Bonchev–Trinajstić information content (AvgIpc) is 2.53. The van der Waals surface area contributed by atoms with Crippen molar-refractivity contribution in [2.24, 2.45) is 0 Å². The average molecular weight is 280 g/mol. The number of rotatable bonds is 4. The Morgan fingerprint density at radius 3 is 2.90 bits per heavy atom. The monoisotopic (exact) mass is 280 g/mol. The molecular formula is C16H16N4O. The van der Waals surface area contributed by atoms with Gasteiger partial charge in [0.25, 0.3) is 5.56 Å². The molecule has 0 spiro atoms. The molecule has 3 rings (SSSR count). The van der Waals surface area contributed by atoms with Gasteiger partial charge in [-0.2, -0.15) is 0 Å². The van der Waals surface area contributed by atoms with Crippen LogP contribution in [0.5, 0.6) is 0 Å². The second-order valence-electron chi connectivity index (χ2n) is 4.87. The van der Waals surface area contributed by atoms with E-state index in [4.69, 9.17) is 0 Å². The number of fused-ring (bicyclic) bond motifs is 1. The topological polar surface area (TPSA) is 59.3 Å².